The summed E-state index contributed by atoms with van der Waals surface area (Å²) in [6, 6.07) is 3.20. The highest BCUT2D eigenvalue weighted by Crippen LogP contribution is 2.02. The molecule has 2 aromatic heterocycles. The lowest BCUT2D eigenvalue weighted by molar-refractivity contribution is 0.0949. The summed E-state index contributed by atoms with van der Waals surface area (Å²) in [5.74, 6) is 0.701. The number of carbonyl (C=O) groups excluding carboxylic acids is 1. The number of hydrogen-bond acceptors (Lipinski definition) is 4. The van der Waals surface area contributed by atoms with Crippen LogP contribution in [0.4, 0.5) is 5.69 Å². The molecule has 2 rings (SSSR count). The molecule has 3 N–H and O–H groups in total. The molecule has 0 saturated heterocycles. The number of carbonyl (C=O) groups is 1. The predicted molar refractivity (Wildman–Crippen MR) is 67.9 cm³/mol. The number of anilines is 1. The molecule has 0 atom stereocenters. The summed E-state index contributed by atoms with van der Waals surface area (Å²) in [7, 11) is 1.92. The average molecular weight is 245 g/mol. The van der Waals surface area contributed by atoms with Gasteiger partial charge in [-0.1, -0.05) is 0 Å². The monoisotopic (exact) mass is 245 g/mol. The van der Waals surface area contributed by atoms with Crippen molar-refractivity contribution in [2.75, 3.05) is 12.3 Å². The SMILES string of the molecule is Cn1ccnc1CCNC(=O)c1cc(N)ccn1. The van der Waals surface area contributed by atoms with Crippen LogP contribution in [0.15, 0.2) is 30.7 Å². The van der Waals surface area contributed by atoms with Crippen molar-refractivity contribution in [3.05, 3.63) is 42.2 Å². The first-order valence-corrected chi connectivity index (χ1v) is 5.63. The highest BCUT2D eigenvalue weighted by atomic mass is 16.1. The van der Waals surface area contributed by atoms with Crippen molar-refractivity contribution in [3.63, 3.8) is 0 Å². The average Bonchev–Trinajstić information content (AvgIpc) is 2.75. The van der Waals surface area contributed by atoms with E-state index < -0.39 is 0 Å². The fourth-order valence-corrected chi connectivity index (χ4v) is 1.59. The van der Waals surface area contributed by atoms with E-state index in [4.69, 9.17) is 5.73 Å². The Balaban J connectivity index is 1.87. The summed E-state index contributed by atoms with van der Waals surface area (Å²) < 4.78 is 1.92. The van der Waals surface area contributed by atoms with Gasteiger partial charge in [0.1, 0.15) is 11.5 Å². The van der Waals surface area contributed by atoms with Crippen molar-refractivity contribution in [1.82, 2.24) is 19.9 Å². The van der Waals surface area contributed by atoms with E-state index in [1.165, 1.54) is 6.20 Å². The third-order valence-electron chi connectivity index (χ3n) is 2.57. The Kier molecular flexibility index (Phi) is 3.57. The van der Waals surface area contributed by atoms with E-state index in [1.54, 1.807) is 18.3 Å². The highest BCUT2D eigenvalue weighted by Gasteiger charge is 2.07. The number of hydrogen-bond donors (Lipinski definition) is 2. The Morgan fingerprint density at radius 2 is 2.28 bits per heavy atom. The van der Waals surface area contributed by atoms with E-state index in [-0.39, 0.29) is 5.91 Å². The number of amides is 1. The van der Waals surface area contributed by atoms with Crippen LogP contribution < -0.4 is 11.1 Å². The van der Waals surface area contributed by atoms with Crippen LogP contribution in [0.1, 0.15) is 16.3 Å². The van der Waals surface area contributed by atoms with Crippen molar-refractivity contribution >= 4 is 11.6 Å². The molecule has 0 fully saturated rings. The number of imidazole rings is 1. The third kappa shape index (κ3) is 2.85. The second-order valence-corrected chi connectivity index (χ2v) is 3.93. The smallest absolute Gasteiger partial charge is 0.269 e. The van der Waals surface area contributed by atoms with E-state index in [2.05, 4.69) is 15.3 Å². The number of aryl methyl sites for hydroxylation is 1. The fraction of sp³-hybridized carbons (Fsp3) is 0.250. The number of rotatable bonds is 4. The van der Waals surface area contributed by atoms with Gasteiger partial charge in [0.25, 0.3) is 5.91 Å². The molecule has 18 heavy (non-hydrogen) atoms. The summed E-state index contributed by atoms with van der Waals surface area (Å²) in [4.78, 5) is 19.9. The van der Waals surface area contributed by atoms with Gasteiger partial charge in [0.05, 0.1) is 0 Å². The van der Waals surface area contributed by atoms with Gasteiger partial charge < -0.3 is 15.6 Å². The van der Waals surface area contributed by atoms with Crippen molar-refractivity contribution in [1.29, 1.82) is 0 Å². The van der Waals surface area contributed by atoms with Crippen LogP contribution in [0.5, 0.6) is 0 Å². The van der Waals surface area contributed by atoms with Gasteiger partial charge in [0.15, 0.2) is 0 Å². The Labute approximate surface area is 105 Å². The van der Waals surface area contributed by atoms with Crippen molar-refractivity contribution < 1.29 is 4.79 Å². The highest BCUT2D eigenvalue weighted by molar-refractivity contribution is 5.92. The van der Waals surface area contributed by atoms with Crippen molar-refractivity contribution in [2.45, 2.75) is 6.42 Å². The van der Waals surface area contributed by atoms with Gasteiger partial charge >= 0.3 is 0 Å². The number of nitrogens with two attached hydrogens (primary N) is 1. The van der Waals surface area contributed by atoms with Gasteiger partial charge in [-0.05, 0) is 12.1 Å². The second-order valence-electron chi connectivity index (χ2n) is 3.93. The maximum Gasteiger partial charge on any atom is 0.269 e. The molecule has 0 unspecified atom stereocenters. The van der Waals surface area contributed by atoms with Crippen LogP contribution >= 0.6 is 0 Å². The molecule has 0 aliphatic carbocycles. The lowest BCUT2D eigenvalue weighted by Gasteiger charge is -2.05. The van der Waals surface area contributed by atoms with Crippen LogP contribution in [0.25, 0.3) is 0 Å². The molecule has 0 aliphatic rings. The summed E-state index contributed by atoms with van der Waals surface area (Å²) in [5, 5.41) is 2.78. The first-order valence-electron chi connectivity index (χ1n) is 5.63. The summed E-state index contributed by atoms with van der Waals surface area (Å²) in [6.07, 6.45) is 5.80. The third-order valence-corrected chi connectivity index (χ3v) is 2.57. The van der Waals surface area contributed by atoms with Gasteiger partial charge in [0.2, 0.25) is 0 Å². The predicted octanol–water partition coefficient (Wildman–Crippen LogP) is 0.370. The normalized spacial score (nSPS) is 10.3. The Morgan fingerprint density at radius 3 is 2.94 bits per heavy atom. The molecule has 2 aromatic rings. The van der Waals surface area contributed by atoms with Crippen LogP contribution in [-0.2, 0) is 13.5 Å². The first-order chi connectivity index (χ1) is 8.66. The summed E-state index contributed by atoms with van der Waals surface area (Å²) in [5.41, 5.74) is 6.44. The van der Waals surface area contributed by atoms with Gasteiger partial charge in [-0.25, -0.2) is 4.98 Å². The van der Waals surface area contributed by atoms with Crippen LogP contribution in [-0.4, -0.2) is 27.0 Å². The number of nitrogens with one attached hydrogen (secondary N) is 1. The number of nitrogens with zero attached hydrogens (tertiary/aromatic N) is 3. The van der Waals surface area contributed by atoms with Gasteiger partial charge in [0, 0.05) is 44.3 Å². The largest absolute Gasteiger partial charge is 0.399 e. The fourth-order valence-electron chi connectivity index (χ4n) is 1.59. The summed E-state index contributed by atoms with van der Waals surface area (Å²) >= 11 is 0. The molecule has 0 aromatic carbocycles. The zero-order valence-electron chi connectivity index (χ0n) is 10.1. The van der Waals surface area contributed by atoms with Gasteiger partial charge in [-0.15, -0.1) is 0 Å². The molecule has 2 heterocycles. The van der Waals surface area contributed by atoms with Crippen LogP contribution in [0, 0.1) is 0 Å². The maximum absolute atomic E-state index is 11.8. The van der Waals surface area contributed by atoms with Gasteiger partial charge in [-0.3, -0.25) is 9.78 Å². The van der Waals surface area contributed by atoms with E-state index in [0.717, 1.165) is 5.82 Å². The van der Waals surface area contributed by atoms with Gasteiger partial charge in [-0.2, -0.15) is 0 Å². The van der Waals surface area contributed by atoms with E-state index in [0.29, 0.717) is 24.3 Å². The molecule has 1 amide bonds. The topological polar surface area (TPSA) is 85.8 Å². The Hall–Kier alpha value is -2.37. The minimum atomic E-state index is -0.225. The lowest BCUT2D eigenvalue weighted by atomic mass is 10.3. The van der Waals surface area contributed by atoms with Crippen LogP contribution in [0.3, 0.4) is 0 Å². The van der Waals surface area contributed by atoms with Crippen molar-refractivity contribution in [3.8, 4) is 0 Å². The Bertz CT molecular complexity index is 549. The molecule has 0 aliphatic heterocycles. The van der Waals surface area contributed by atoms with E-state index in [1.807, 2.05) is 17.8 Å². The molecule has 0 spiro atoms. The molecular formula is C12H15N5O. The Morgan fingerprint density at radius 1 is 1.44 bits per heavy atom. The number of aromatic nitrogens is 3. The minimum absolute atomic E-state index is 0.225. The molecular weight excluding hydrogens is 230 g/mol. The molecule has 94 valence electrons. The molecule has 0 radical (unpaired) electrons. The molecule has 6 heteroatoms. The van der Waals surface area contributed by atoms with E-state index >= 15 is 0 Å². The molecule has 0 saturated carbocycles. The standard InChI is InChI=1S/C12H15N5O/c1-17-7-6-15-11(17)3-5-16-12(18)10-8-9(13)2-4-14-10/h2,4,6-8H,3,5H2,1H3,(H2,13,14)(H,16,18). The van der Waals surface area contributed by atoms with Crippen LogP contribution in [0.2, 0.25) is 0 Å². The lowest BCUT2D eigenvalue weighted by Crippen LogP contribution is -2.27. The zero-order valence-corrected chi connectivity index (χ0v) is 10.1. The molecule has 6 nitrogen and oxygen atoms in total. The minimum Gasteiger partial charge on any atom is -0.399 e. The second kappa shape index (κ2) is 5.31. The van der Waals surface area contributed by atoms with Crippen molar-refractivity contribution in [2.24, 2.45) is 7.05 Å². The zero-order chi connectivity index (χ0) is 13.0. The van der Waals surface area contributed by atoms with E-state index in [9.17, 15) is 4.79 Å². The number of pyridine rings is 1. The number of nitrogen functional groups attached to an aromatic ring is 1. The quantitative estimate of drug-likeness (QED) is 0.814. The maximum atomic E-state index is 11.8. The molecule has 0 bridgehead atoms. The first kappa shape index (κ1) is 12.1. The summed E-state index contributed by atoms with van der Waals surface area (Å²) in [6.45, 7) is 0.514.